The molecule has 17 heavy (non-hydrogen) atoms. The lowest BCUT2D eigenvalue weighted by Gasteiger charge is -2.45. The molecule has 0 saturated carbocycles. The van der Waals surface area contributed by atoms with Crippen LogP contribution in [0.15, 0.2) is 0 Å². The van der Waals surface area contributed by atoms with Crippen LogP contribution in [0.2, 0.25) is 0 Å². The summed E-state index contributed by atoms with van der Waals surface area (Å²) in [6.07, 6.45) is 4.44. The van der Waals surface area contributed by atoms with E-state index in [1.54, 1.807) is 0 Å². The van der Waals surface area contributed by atoms with Crippen molar-refractivity contribution in [1.29, 1.82) is 0 Å². The highest BCUT2D eigenvalue weighted by atomic mass is 16.5. The molecule has 0 aromatic rings. The second kappa shape index (κ2) is 7.34. The molecular formula is C14H29NO2. The Morgan fingerprint density at radius 3 is 2.18 bits per heavy atom. The number of nitrogens with one attached hydrogen (secondary N) is 1. The minimum atomic E-state index is -0.0229. The van der Waals surface area contributed by atoms with Crippen LogP contribution in [-0.2, 0) is 9.47 Å². The molecule has 0 aromatic carbocycles. The Balaban J connectivity index is 2.83. The van der Waals surface area contributed by atoms with Crippen LogP contribution in [0.4, 0.5) is 0 Å². The first-order valence-corrected chi connectivity index (χ1v) is 7.10. The number of methoxy groups -OCH3 is 1. The Hall–Kier alpha value is -0.120. The molecule has 0 amide bonds. The molecule has 0 radical (unpaired) electrons. The van der Waals surface area contributed by atoms with Gasteiger partial charge in [-0.2, -0.15) is 0 Å². The van der Waals surface area contributed by atoms with Gasteiger partial charge in [-0.3, -0.25) is 0 Å². The van der Waals surface area contributed by atoms with Gasteiger partial charge in [-0.1, -0.05) is 33.6 Å². The molecule has 1 aliphatic rings. The summed E-state index contributed by atoms with van der Waals surface area (Å²) in [5, 5.41) is 3.67. The number of hydrogen-bond donors (Lipinski definition) is 1. The third-order valence-electron chi connectivity index (χ3n) is 4.26. The van der Waals surface area contributed by atoms with Gasteiger partial charge in [0.15, 0.2) is 0 Å². The Kier molecular flexibility index (Phi) is 6.45. The second-order valence-corrected chi connectivity index (χ2v) is 4.99. The molecule has 0 aromatic heterocycles. The number of likely N-dealkylation sites (N-methyl/N-ethyl adjacent to an activating group) is 1. The van der Waals surface area contributed by atoms with E-state index in [0.717, 1.165) is 32.6 Å². The van der Waals surface area contributed by atoms with Gasteiger partial charge < -0.3 is 14.8 Å². The SMILES string of the molecule is CCNC(C(CC)CC)C1(OC)CCOCC1. The van der Waals surface area contributed by atoms with E-state index in [1.807, 2.05) is 7.11 Å². The predicted molar refractivity (Wildman–Crippen MR) is 71.3 cm³/mol. The standard InChI is InChI=1S/C14H29NO2/c1-5-12(6-2)13(15-7-3)14(16-4)8-10-17-11-9-14/h12-13,15H,5-11H2,1-4H3. The molecule has 1 aliphatic heterocycles. The first-order chi connectivity index (χ1) is 8.24. The molecule has 3 nitrogen and oxygen atoms in total. The number of ether oxygens (including phenoxy) is 2. The third kappa shape index (κ3) is 3.43. The van der Waals surface area contributed by atoms with Gasteiger partial charge in [-0.15, -0.1) is 0 Å². The molecule has 1 unspecified atom stereocenters. The van der Waals surface area contributed by atoms with Crippen LogP contribution in [0.25, 0.3) is 0 Å². The molecule has 102 valence electrons. The van der Waals surface area contributed by atoms with Gasteiger partial charge in [0.25, 0.3) is 0 Å². The van der Waals surface area contributed by atoms with Gasteiger partial charge in [0.2, 0.25) is 0 Å². The first-order valence-electron chi connectivity index (χ1n) is 7.10. The summed E-state index contributed by atoms with van der Waals surface area (Å²) in [7, 11) is 1.86. The van der Waals surface area contributed by atoms with Gasteiger partial charge in [0, 0.05) is 39.2 Å². The van der Waals surface area contributed by atoms with Crippen LogP contribution in [0.3, 0.4) is 0 Å². The van der Waals surface area contributed by atoms with Crippen molar-refractivity contribution in [2.75, 3.05) is 26.9 Å². The van der Waals surface area contributed by atoms with E-state index in [1.165, 1.54) is 12.8 Å². The quantitative estimate of drug-likeness (QED) is 0.745. The van der Waals surface area contributed by atoms with Crippen molar-refractivity contribution in [1.82, 2.24) is 5.32 Å². The van der Waals surface area contributed by atoms with Crippen LogP contribution in [0.5, 0.6) is 0 Å². The van der Waals surface area contributed by atoms with Gasteiger partial charge in [0.05, 0.1) is 5.60 Å². The topological polar surface area (TPSA) is 30.5 Å². The lowest BCUT2D eigenvalue weighted by molar-refractivity contribution is -0.121. The molecule has 1 rings (SSSR count). The molecule has 0 spiro atoms. The van der Waals surface area contributed by atoms with E-state index in [0.29, 0.717) is 12.0 Å². The maximum absolute atomic E-state index is 5.94. The van der Waals surface area contributed by atoms with E-state index < -0.39 is 0 Å². The maximum Gasteiger partial charge on any atom is 0.0877 e. The van der Waals surface area contributed by atoms with Crippen LogP contribution < -0.4 is 5.32 Å². The van der Waals surface area contributed by atoms with Crippen molar-refractivity contribution in [2.45, 2.75) is 58.1 Å². The summed E-state index contributed by atoms with van der Waals surface area (Å²) >= 11 is 0. The minimum Gasteiger partial charge on any atom is -0.381 e. The average molecular weight is 243 g/mol. The Morgan fingerprint density at radius 2 is 1.76 bits per heavy atom. The minimum absolute atomic E-state index is 0.0229. The maximum atomic E-state index is 5.94. The third-order valence-corrected chi connectivity index (χ3v) is 4.26. The second-order valence-electron chi connectivity index (χ2n) is 4.99. The Morgan fingerprint density at radius 1 is 1.18 bits per heavy atom. The zero-order valence-corrected chi connectivity index (χ0v) is 11.9. The van der Waals surface area contributed by atoms with E-state index in [2.05, 4.69) is 26.1 Å². The molecule has 1 fully saturated rings. The number of rotatable bonds is 7. The van der Waals surface area contributed by atoms with E-state index in [-0.39, 0.29) is 5.60 Å². The molecule has 1 heterocycles. The summed E-state index contributed by atoms with van der Waals surface area (Å²) < 4.78 is 11.4. The van der Waals surface area contributed by atoms with E-state index in [4.69, 9.17) is 9.47 Å². The normalized spacial score (nSPS) is 21.7. The lowest BCUT2D eigenvalue weighted by Crippen LogP contribution is -2.58. The largest absolute Gasteiger partial charge is 0.381 e. The summed E-state index contributed by atoms with van der Waals surface area (Å²) in [6, 6.07) is 0.455. The highest BCUT2D eigenvalue weighted by molar-refractivity contribution is 4.97. The summed E-state index contributed by atoms with van der Waals surface area (Å²) in [6.45, 7) is 9.40. The average Bonchev–Trinajstić information content (AvgIpc) is 2.40. The zero-order chi connectivity index (χ0) is 12.7. The van der Waals surface area contributed by atoms with Crippen molar-refractivity contribution in [3.8, 4) is 0 Å². The van der Waals surface area contributed by atoms with Crippen molar-refractivity contribution < 1.29 is 9.47 Å². The summed E-state index contributed by atoms with van der Waals surface area (Å²) in [4.78, 5) is 0. The molecule has 3 heteroatoms. The van der Waals surface area contributed by atoms with E-state index >= 15 is 0 Å². The summed E-state index contributed by atoms with van der Waals surface area (Å²) in [5.41, 5.74) is -0.0229. The molecule has 1 saturated heterocycles. The van der Waals surface area contributed by atoms with Crippen molar-refractivity contribution >= 4 is 0 Å². The Labute approximate surface area is 106 Å². The fourth-order valence-corrected chi connectivity index (χ4v) is 3.12. The van der Waals surface area contributed by atoms with Gasteiger partial charge in [-0.25, -0.2) is 0 Å². The monoisotopic (exact) mass is 243 g/mol. The molecular weight excluding hydrogens is 214 g/mol. The molecule has 0 aliphatic carbocycles. The summed E-state index contributed by atoms with van der Waals surface area (Å²) in [5.74, 6) is 0.688. The number of hydrogen-bond acceptors (Lipinski definition) is 3. The smallest absolute Gasteiger partial charge is 0.0877 e. The van der Waals surface area contributed by atoms with Crippen molar-refractivity contribution in [3.63, 3.8) is 0 Å². The van der Waals surface area contributed by atoms with Crippen molar-refractivity contribution in [3.05, 3.63) is 0 Å². The highest BCUT2D eigenvalue weighted by Gasteiger charge is 2.42. The van der Waals surface area contributed by atoms with Crippen LogP contribution >= 0.6 is 0 Å². The van der Waals surface area contributed by atoms with E-state index in [9.17, 15) is 0 Å². The van der Waals surface area contributed by atoms with Crippen molar-refractivity contribution in [2.24, 2.45) is 5.92 Å². The fraction of sp³-hybridized carbons (Fsp3) is 1.00. The predicted octanol–water partition coefficient (Wildman–Crippen LogP) is 2.60. The fourth-order valence-electron chi connectivity index (χ4n) is 3.12. The van der Waals surface area contributed by atoms with Crippen LogP contribution in [-0.4, -0.2) is 38.5 Å². The lowest BCUT2D eigenvalue weighted by atomic mass is 9.77. The van der Waals surface area contributed by atoms with Gasteiger partial charge >= 0.3 is 0 Å². The molecule has 1 atom stereocenters. The van der Waals surface area contributed by atoms with Gasteiger partial charge in [0.1, 0.15) is 0 Å². The molecule has 0 bridgehead atoms. The zero-order valence-electron chi connectivity index (χ0n) is 11.9. The first kappa shape index (κ1) is 14.9. The highest BCUT2D eigenvalue weighted by Crippen LogP contribution is 2.34. The Bertz CT molecular complexity index is 198. The van der Waals surface area contributed by atoms with Crippen LogP contribution in [0.1, 0.15) is 46.5 Å². The van der Waals surface area contributed by atoms with Crippen LogP contribution in [0, 0.1) is 5.92 Å². The molecule has 1 N–H and O–H groups in total. The van der Waals surface area contributed by atoms with Gasteiger partial charge in [-0.05, 0) is 12.5 Å².